The van der Waals surface area contributed by atoms with Crippen molar-refractivity contribution < 1.29 is 27.0 Å². The summed E-state index contributed by atoms with van der Waals surface area (Å²) in [5.74, 6) is 0.396. The Bertz CT molecular complexity index is 1370. The molecule has 0 spiro atoms. The molecule has 4 aromatic rings. The number of nitrogens with one attached hydrogen (secondary N) is 1. The molecule has 0 bridgehead atoms. The van der Waals surface area contributed by atoms with Crippen LogP contribution in [0.3, 0.4) is 0 Å². The Balaban J connectivity index is 1.39. The fraction of sp³-hybridized carbons (Fsp3) is 0.136. The van der Waals surface area contributed by atoms with Gasteiger partial charge < -0.3 is 14.8 Å². The van der Waals surface area contributed by atoms with Crippen LogP contribution >= 0.6 is 0 Å². The van der Waals surface area contributed by atoms with Crippen LogP contribution in [0.15, 0.2) is 65.9 Å². The summed E-state index contributed by atoms with van der Waals surface area (Å²) in [6.07, 6.45) is -1.90. The van der Waals surface area contributed by atoms with E-state index in [9.17, 15) is 17.6 Å². The smallest absolute Gasteiger partial charge is 0.457 e. The summed E-state index contributed by atoms with van der Waals surface area (Å²) in [5, 5.41) is 7.59. The Labute approximate surface area is 184 Å². The van der Waals surface area contributed by atoms with E-state index in [0.717, 1.165) is 12.6 Å². The lowest BCUT2D eigenvalue weighted by molar-refractivity contribution is -0.274. The van der Waals surface area contributed by atoms with Crippen LogP contribution in [0.5, 0.6) is 17.2 Å². The molecule has 0 radical (unpaired) electrons. The number of halogens is 4. The van der Waals surface area contributed by atoms with E-state index in [2.05, 4.69) is 25.1 Å². The lowest BCUT2D eigenvalue weighted by atomic mass is 10.2. The normalized spacial score (nSPS) is 13.6. The van der Waals surface area contributed by atoms with Crippen molar-refractivity contribution in [2.45, 2.75) is 6.36 Å². The maximum Gasteiger partial charge on any atom is 0.573 e. The van der Waals surface area contributed by atoms with Crippen LogP contribution in [0.2, 0.25) is 0 Å². The van der Waals surface area contributed by atoms with Crippen molar-refractivity contribution in [3.8, 4) is 22.9 Å². The molecular weight excluding hydrogens is 442 g/mol. The highest BCUT2D eigenvalue weighted by Gasteiger charge is 2.31. The summed E-state index contributed by atoms with van der Waals surface area (Å²) in [5.41, 5.74) is 1.15. The second kappa shape index (κ2) is 8.08. The average Bonchev–Trinajstić information content (AvgIpc) is 3.43. The Morgan fingerprint density at radius 3 is 2.55 bits per heavy atom. The maximum atomic E-state index is 14.9. The van der Waals surface area contributed by atoms with E-state index >= 15 is 0 Å². The molecule has 0 unspecified atom stereocenters. The van der Waals surface area contributed by atoms with Crippen molar-refractivity contribution >= 4 is 16.7 Å². The van der Waals surface area contributed by atoms with Crippen LogP contribution in [0.25, 0.3) is 16.6 Å². The van der Waals surface area contributed by atoms with E-state index in [1.54, 1.807) is 24.4 Å². The monoisotopic (exact) mass is 457 g/mol. The van der Waals surface area contributed by atoms with E-state index in [1.807, 2.05) is 0 Å². The molecule has 0 aliphatic carbocycles. The minimum absolute atomic E-state index is 0.113. The first-order valence-corrected chi connectivity index (χ1v) is 9.82. The highest BCUT2D eigenvalue weighted by atomic mass is 19.4. The number of benzene rings is 2. The molecule has 3 heterocycles. The quantitative estimate of drug-likeness (QED) is 0.444. The van der Waals surface area contributed by atoms with Crippen molar-refractivity contribution in [2.75, 3.05) is 13.1 Å². The number of fused-ring (bicyclic) bond motifs is 1. The summed E-state index contributed by atoms with van der Waals surface area (Å²) in [4.78, 5) is 8.56. The standard InChI is InChI=1S/C22H15F4N5O2/c23-17-10-14(32-15-5-6-27-18(11-15)21-28-7-8-29-21)1-4-20(17)31-19-3-2-16(33-22(24,25)26)9-13(19)12-30-31/h1-6,9-12H,7-8H2,(H,28,29). The molecule has 1 N–H and O–H groups in total. The van der Waals surface area contributed by atoms with Gasteiger partial charge in [-0.1, -0.05) is 0 Å². The lowest BCUT2D eigenvalue weighted by Crippen LogP contribution is -2.20. The van der Waals surface area contributed by atoms with Crippen molar-refractivity contribution in [1.82, 2.24) is 20.1 Å². The first kappa shape index (κ1) is 20.7. The topological polar surface area (TPSA) is 73.6 Å². The van der Waals surface area contributed by atoms with Crippen LogP contribution in [0.1, 0.15) is 5.69 Å². The largest absolute Gasteiger partial charge is 0.573 e. The predicted octanol–water partition coefficient (Wildman–Crippen LogP) is 4.60. The second-order valence-corrected chi connectivity index (χ2v) is 7.07. The molecule has 0 saturated heterocycles. The van der Waals surface area contributed by atoms with Gasteiger partial charge in [0.05, 0.1) is 18.3 Å². The summed E-state index contributed by atoms with van der Waals surface area (Å²) < 4.78 is 63.2. The van der Waals surface area contributed by atoms with E-state index in [-0.39, 0.29) is 17.2 Å². The van der Waals surface area contributed by atoms with E-state index in [4.69, 9.17) is 4.74 Å². The molecule has 0 atom stereocenters. The fourth-order valence-corrected chi connectivity index (χ4v) is 3.43. The number of pyridine rings is 1. The SMILES string of the molecule is Fc1cc(Oc2ccnc(C3=NCCN3)c2)ccc1-n1ncc2cc(OC(F)(F)F)ccc21. The first-order chi connectivity index (χ1) is 15.9. The molecule has 1 aliphatic rings. The number of nitrogens with zero attached hydrogens (tertiary/aromatic N) is 4. The molecule has 1 aliphatic heterocycles. The Morgan fingerprint density at radius 1 is 0.970 bits per heavy atom. The van der Waals surface area contributed by atoms with E-state index in [1.165, 1.54) is 35.1 Å². The van der Waals surface area contributed by atoms with Crippen LogP contribution in [-0.2, 0) is 0 Å². The molecule has 0 fully saturated rings. The van der Waals surface area contributed by atoms with Crippen molar-refractivity contribution in [3.63, 3.8) is 0 Å². The Kier molecular flexibility index (Phi) is 5.08. The van der Waals surface area contributed by atoms with Gasteiger partial charge in [0.25, 0.3) is 0 Å². The molecule has 168 valence electrons. The molecule has 0 amide bonds. The molecule has 2 aromatic heterocycles. The van der Waals surface area contributed by atoms with Gasteiger partial charge in [0, 0.05) is 30.3 Å². The van der Waals surface area contributed by atoms with Gasteiger partial charge >= 0.3 is 6.36 Å². The third-order valence-electron chi connectivity index (χ3n) is 4.80. The van der Waals surface area contributed by atoms with Crippen molar-refractivity contribution in [3.05, 3.63) is 72.4 Å². The van der Waals surface area contributed by atoms with Gasteiger partial charge in [-0.25, -0.2) is 9.07 Å². The number of aromatic nitrogens is 3. The molecule has 0 saturated carbocycles. The lowest BCUT2D eigenvalue weighted by Gasteiger charge is -2.11. The third kappa shape index (κ3) is 4.43. The number of amidine groups is 1. The van der Waals surface area contributed by atoms with Gasteiger partial charge in [0.1, 0.15) is 34.5 Å². The highest BCUT2D eigenvalue weighted by Crippen LogP contribution is 2.30. The molecule has 11 heteroatoms. The predicted molar refractivity (Wildman–Crippen MR) is 111 cm³/mol. The number of hydrogen-bond donors (Lipinski definition) is 1. The molecular formula is C22H15F4N5O2. The van der Waals surface area contributed by atoms with Crippen LogP contribution < -0.4 is 14.8 Å². The fourth-order valence-electron chi connectivity index (χ4n) is 3.43. The molecule has 5 rings (SSSR count). The summed E-state index contributed by atoms with van der Waals surface area (Å²) in [6, 6.07) is 11.3. The highest BCUT2D eigenvalue weighted by molar-refractivity contribution is 5.98. The van der Waals surface area contributed by atoms with Gasteiger partial charge in [-0.2, -0.15) is 5.10 Å². The number of ether oxygens (including phenoxy) is 2. The Morgan fingerprint density at radius 2 is 1.79 bits per heavy atom. The number of hydrogen-bond acceptors (Lipinski definition) is 6. The zero-order valence-electron chi connectivity index (χ0n) is 16.8. The maximum absolute atomic E-state index is 14.9. The van der Waals surface area contributed by atoms with Crippen molar-refractivity contribution in [1.29, 1.82) is 0 Å². The molecule has 7 nitrogen and oxygen atoms in total. The van der Waals surface area contributed by atoms with Crippen molar-refractivity contribution in [2.24, 2.45) is 4.99 Å². The van der Waals surface area contributed by atoms with Gasteiger partial charge in [-0.15, -0.1) is 13.2 Å². The van der Waals surface area contributed by atoms with Gasteiger partial charge in [0.15, 0.2) is 5.82 Å². The zero-order valence-corrected chi connectivity index (χ0v) is 16.8. The number of alkyl halides is 3. The van der Waals surface area contributed by atoms with E-state index < -0.39 is 12.2 Å². The van der Waals surface area contributed by atoms with Crippen LogP contribution in [-0.4, -0.2) is 40.1 Å². The minimum atomic E-state index is -4.80. The van der Waals surface area contributed by atoms with E-state index in [0.29, 0.717) is 34.7 Å². The average molecular weight is 457 g/mol. The number of rotatable bonds is 5. The van der Waals surface area contributed by atoms with Gasteiger partial charge in [-0.3, -0.25) is 9.98 Å². The second-order valence-electron chi connectivity index (χ2n) is 7.07. The summed E-state index contributed by atoms with van der Waals surface area (Å²) >= 11 is 0. The van der Waals surface area contributed by atoms with Crippen LogP contribution in [0.4, 0.5) is 17.6 Å². The Hall–Kier alpha value is -4.15. The minimum Gasteiger partial charge on any atom is -0.457 e. The summed E-state index contributed by atoms with van der Waals surface area (Å²) in [7, 11) is 0. The summed E-state index contributed by atoms with van der Waals surface area (Å²) in [6.45, 7) is 1.42. The zero-order chi connectivity index (χ0) is 23.0. The first-order valence-electron chi connectivity index (χ1n) is 9.82. The molecule has 33 heavy (non-hydrogen) atoms. The van der Waals surface area contributed by atoms with Crippen LogP contribution in [0, 0.1) is 5.82 Å². The third-order valence-corrected chi connectivity index (χ3v) is 4.80. The number of aliphatic imine (C=N–C) groups is 1. The molecule has 2 aromatic carbocycles. The van der Waals surface area contributed by atoms with Gasteiger partial charge in [0.2, 0.25) is 0 Å². The van der Waals surface area contributed by atoms with Gasteiger partial charge in [-0.05, 0) is 36.4 Å².